The molecule has 2 aliphatic rings. The Bertz CT molecular complexity index is 796. The summed E-state index contributed by atoms with van der Waals surface area (Å²) >= 11 is 0. The number of nitrogens with one attached hydrogen (secondary N) is 2. The lowest BCUT2D eigenvalue weighted by atomic mass is 10.00. The molecule has 150 valence electrons. The predicted octanol–water partition coefficient (Wildman–Crippen LogP) is 2.01. The summed E-state index contributed by atoms with van der Waals surface area (Å²) in [6.45, 7) is 7.91. The number of fused-ring (bicyclic) bond motifs is 1. The van der Waals surface area contributed by atoms with Crippen LogP contribution < -0.4 is 10.0 Å². The number of ether oxygens (including phenoxy) is 1. The quantitative estimate of drug-likeness (QED) is 0.816. The third kappa shape index (κ3) is 5.21. The topological polar surface area (TPSA) is 87.7 Å². The first kappa shape index (κ1) is 20.1. The Hall–Kier alpha value is -1.64. The van der Waals surface area contributed by atoms with Crippen molar-refractivity contribution in [3.05, 3.63) is 29.3 Å². The Labute approximate surface area is 161 Å². The van der Waals surface area contributed by atoms with Crippen molar-refractivity contribution in [1.82, 2.24) is 14.9 Å². The van der Waals surface area contributed by atoms with Crippen LogP contribution in [0.3, 0.4) is 0 Å². The fraction of sp³-hybridized carbons (Fsp3) is 0.632. The molecule has 0 radical (unpaired) electrons. The Kier molecular flexibility index (Phi) is 5.79. The summed E-state index contributed by atoms with van der Waals surface area (Å²) < 4.78 is 33.2. The van der Waals surface area contributed by atoms with Gasteiger partial charge in [-0.3, -0.25) is 0 Å². The number of carbonyl (C=O) groups is 1. The molecule has 1 fully saturated rings. The van der Waals surface area contributed by atoms with Crippen LogP contribution in [-0.4, -0.2) is 50.7 Å². The zero-order chi connectivity index (χ0) is 19.7. The molecule has 1 unspecified atom stereocenters. The summed E-state index contributed by atoms with van der Waals surface area (Å²) in [5.41, 5.74) is 1.68. The second-order valence-electron chi connectivity index (χ2n) is 8.27. The van der Waals surface area contributed by atoms with Crippen LogP contribution in [0.5, 0.6) is 0 Å². The number of rotatable bonds is 4. The zero-order valence-corrected chi connectivity index (χ0v) is 17.1. The SMILES string of the molecule is CC(C)(C)NC(=O)N1CCc2cc(S(=O)(=O)NCC3CCCO3)ccc2C1. The van der Waals surface area contributed by atoms with E-state index in [1.165, 1.54) is 0 Å². The van der Waals surface area contributed by atoms with Crippen molar-refractivity contribution in [2.45, 2.75) is 63.1 Å². The highest BCUT2D eigenvalue weighted by Crippen LogP contribution is 2.23. The predicted molar refractivity (Wildman–Crippen MR) is 103 cm³/mol. The van der Waals surface area contributed by atoms with E-state index < -0.39 is 10.0 Å². The van der Waals surface area contributed by atoms with Crippen LogP contribution in [0.15, 0.2) is 23.1 Å². The molecule has 7 nitrogen and oxygen atoms in total. The van der Waals surface area contributed by atoms with Crippen molar-refractivity contribution < 1.29 is 17.9 Å². The van der Waals surface area contributed by atoms with Gasteiger partial charge in [-0.25, -0.2) is 17.9 Å². The number of benzene rings is 1. The average molecular weight is 396 g/mol. The van der Waals surface area contributed by atoms with Gasteiger partial charge < -0.3 is 15.0 Å². The lowest BCUT2D eigenvalue weighted by Crippen LogP contribution is -2.49. The highest BCUT2D eigenvalue weighted by molar-refractivity contribution is 7.89. The van der Waals surface area contributed by atoms with Gasteiger partial charge in [0.15, 0.2) is 0 Å². The third-order valence-electron chi connectivity index (χ3n) is 4.79. The summed E-state index contributed by atoms with van der Waals surface area (Å²) in [5, 5.41) is 2.97. The number of urea groups is 1. The molecule has 27 heavy (non-hydrogen) atoms. The van der Waals surface area contributed by atoms with E-state index in [1.807, 2.05) is 26.8 Å². The second-order valence-corrected chi connectivity index (χ2v) is 10.0. The molecule has 1 aromatic carbocycles. The van der Waals surface area contributed by atoms with E-state index in [-0.39, 0.29) is 22.6 Å². The number of sulfonamides is 1. The fourth-order valence-electron chi connectivity index (χ4n) is 3.36. The van der Waals surface area contributed by atoms with Gasteiger partial charge in [0.2, 0.25) is 10.0 Å². The summed E-state index contributed by atoms with van der Waals surface area (Å²) in [4.78, 5) is 14.4. The number of amides is 2. The summed E-state index contributed by atoms with van der Waals surface area (Å²) in [6, 6.07) is 5.06. The molecular formula is C19H29N3O4S. The highest BCUT2D eigenvalue weighted by Gasteiger charge is 2.26. The van der Waals surface area contributed by atoms with E-state index in [2.05, 4.69) is 10.0 Å². The summed E-state index contributed by atoms with van der Waals surface area (Å²) in [7, 11) is -3.56. The zero-order valence-electron chi connectivity index (χ0n) is 16.2. The highest BCUT2D eigenvalue weighted by atomic mass is 32.2. The van der Waals surface area contributed by atoms with Crippen LogP contribution in [0.4, 0.5) is 4.79 Å². The lowest BCUT2D eigenvalue weighted by molar-refractivity contribution is 0.114. The van der Waals surface area contributed by atoms with Crippen molar-refractivity contribution in [2.75, 3.05) is 19.7 Å². The standard InChI is InChI=1S/C19H29N3O4S/c1-19(2,3)21-18(23)22-9-8-14-11-17(7-6-15(14)13-22)27(24,25)20-12-16-5-4-10-26-16/h6-7,11,16,20H,4-5,8-10,12-13H2,1-3H3,(H,21,23). The van der Waals surface area contributed by atoms with Gasteiger partial charge in [0.1, 0.15) is 0 Å². The molecule has 2 N–H and O–H groups in total. The van der Waals surface area contributed by atoms with Crippen molar-refractivity contribution in [3.63, 3.8) is 0 Å². The summed E-state index contributed by atoms with van der Waals surface area (Å²) in [5.74, 6) is 0. The second kappa shape index (κ2) is 7.77. The first-order valence-corrected chi connectivity index (χ1v) is 10.9. The maximum atomic E-state index is 12.6. The number of nitrogens with zero attached hydrogens (tertiary/aromatic N) is 1. The van der Waals surface area contributed by atoms with Gasteiger partial charge in [-0.1, -0.05) is 6.07 Å². The molecular weight excluding hydrogens is 366 g/mol. The molecule has 2 amide bonds. The Morgan fingerprint density at radius 2 is 2.07 bits per heavy atom. The van der Waals surface area contributed by atoms with Gasteiger partial charge in [-0.2, -0.15) is 0 Å². The third-order valence-corrected chi connectivity index (χ3v) is 6.22. The minimum Gasteiger partial charge on any atom is -0.377 e. The molecule has 0 aliphatic carbocycles. The molecule has 1 atom stereocenters. The minimum atomic E-state index is -3.56. The normalized spacial score (nSPS) is 20.4. The average Bonchev–Trinajstić information content (AvgIpc) is 3.11. The van der Waals surface area contributed by atoms with E-state index in [1.54, 1.807) is 17.0 Å². The Morgan fingerprint density at radius 1 is 1.30 bits per heavy atom. The van der Waals surface area contributed by atoms with Crippen LogP contribution in [0.2, 0.25) is 0 Å². The van der Waals surface area contributed by atoms with Crippen LogP contribution in [0, 0.1) is 0 Å². The van der Waals surface area contributed by atoms with Gasteiger partial charge in [0, 0.05) is 31.8 Å². The van der Waals surface area contributed by atoms with E-state index in [0.29, 0.717) is 32.7 Å². The van der Waals surface area contributed by atoms with Crippen LogP contribution in [0.1, 0.15) is 44.7 Å². The largest absolute Gasteiger partial charge is 0.377 e. The van der Waals surface area contributed by atoms with Crippen molar-refractivity contribution >= 4 is 16.1 Å². The van der Waals surface area contributed by atoms with E-state index in [9.17, 15) is 13.2 Å². The first-order chi connectivity index (χ1) is 12.6. The maximum Gasteiger partial charge on any atom is 0.318 e. The number of carbonyl (C=O) groups excluding carboxylic acids is 1. The van der Waals surface area contributed by atoms with Crippen molar-refractivity contribution in [2.24, 2.45) is 0 Å². The van der Waals surface area contributed by atoms with Crippen LogP contribution in [-0.2, 0) is 27.7 Å². The molecule has 0 bridgehead atoms. The summed E-state index contributed by atoms with van der Waals surface area (Å²) in [6.07, 6.45) is 2.47. The van der Waals surface area contributed by atoms with E-state index >= 15 is 0 Å². The molecule has 1 aromatic rings. The molecule has 0 saturated carbocycles. The van der Waals surface area contributed by atoms with Gasteiger partial charge in [0.05, 0.1) is 11.0 Å². The molecule has 8 heteroatoms. The Morgan fingerprint density at radius 3 is 2.74 bits per heavy atom. The molecule has 3 rings (SSSR count). The monoisotopic (exact) mass is 395 g/mol. The number of hydrogen-bond acceptors (Lipinski definition) is 4. The van der Waals surface area contributed by atoms with E-state index in [4.69, 9.17) is 4.74 Å². The van der Waals surface area contributed by atoms with Crippen molar-refractivity contribution in [1.29, 1.82) is 0 Å². The fourth-order valence-corrected chi connectivity index (χ4v) is 4.48. The molecule has 0 spiro atoms. The van der Waals surface area contributed by atoms with Crippen molar-refractivity contribution in [3.8, 4) is 0 Å². The molecule has 1 saturated heterocycles. The van der Waals surface area contributed by atoms with Crippen LogP contribution >= 0.6 is 0 Å². The van der Waals surface area contributed by atoms with Gasteiger partial charge in [-0.15, -0.1) is 0 Å². The maximum absolute atomic E-state index is 12.6. The van der Waals surface area contributed by atoms with E-state index in [0.717, 1.165) is 24.0 Å². The van der Waals surface area contributed by atoms with Gasteiger partial charge >= 0.3 is 6.03 Å². The van der Waals surface area contributed by atoms with Gasteiger partial charge in [-0.05, 0) is 63.3 Å². The number of hydrogen-bond donors (Lipinski definition) is 2. The lowest BCUT2D eigenvalue weighted by Gasteiger charge is -2.32. The van der Waals surface area contributed by atoms with Crippen LogP contribution in [0.25, 0.3) is 0 Å². The minimum absolute atomic E-state index is 0.0349. The van der Waals surface area contributed by atoms with Gasteiger partial charge in [0.25, 0.3) is 0 Å². The molecule has 2 aliphatic heterocycles. The molecule has 0 aromatic heterocycles. The first-order valence-electron chi connectivity index (χ1n) is 9.44. The Balaban J connectivity index is 1.66. The molecule has 2 heterocycles. The smallest absolute Gasteiger partial charge is 0.318 e.